The first-order valence-corrected chi connectivity index (χ1v) is 5.83. The fourth-order valence-electron chi connectivity index (χ4n) is 2.00. The van der Waals surface area contributed by atoms with Gasteiger partial charge in [0, 0.05) is 37.4 Å². The largest absolute Gasteiger partial charge is 0.357 e. The van der Waals surface area contributed by atoms with E-state index >= 15 is 0 Å². The molecule has 3 rings (SSSR count). The SMILES string of the molecule is Cn1ccc(C(=O)Cn2ccn3nccc3c2=O)c1. The molecule has 0 aromatic carbocycles. The number of carbonyl (C=O) groups excluding carboxylic acids is 1. The van der Waals surface area contributed by atoms with Gasteiger partial charge in [-0.25, -0.2) is 4.52 Å². The van der Waals surface area contributed by atoms with Gasteiger partial charge >= 0.3 is 0 Å². The number of aromatic nitrogens is 4. The van der Waals surface area contributed by atoms with Crippen molar-refractivity contribution in [1.29, 1.82) is 0 Å². The van der Waals surface area contributed by atoms with Crippen molar-refractivity contribution in [2.45, 2.75) is 6.54 Å². The van der Waals surface area contributed by atoms with Crippen LogP contribution in [0.4, 0.5) is 0 Å². The third-order valence-corrected chi connectivity index (χ3v) is 3.01. The van der Waals surface area contributed by atoms with Crippen molar-refractivity contribution in [2.75, 3.05) is 0 Å². The summed E-state index contributed by atoms with van der Waals surface area (Å²) in [5.74, 6) is -0.0911. The third kappa shape index (κ3) is 1.97. The van der Waals surface area contributed by atoms with Crippen LogP contribution in [0.25, 0.3) is 5.52 Å². The molecule has 0 N–H and O–H groups in total. The zero-order chi connectivity index (χ0) is 13.4. The summed E-state index contributed by atoms with van der Waals surface area (Å²) in [6.07, 6.45) is 8.33. The molecule has 0 spiro atoms. The molecule has 6 heteroatoms. The van der Waals surface area contributed by atoms with E-state index in [0.717, 1.165) is 0 Å². The van der Waals surface area contributed by atoms with E-state index in [9.17, 15) is 9.59 Å². The molecule has 0 aliphatic heterocycles. The van der Waals surface area contributed by atoms with Crippen LogP contribution in [0.5, 0.6) is 0 Å². The molecular weight excluding hydrogens is 244 g/mol. The van der Waals surface area contributed by atoms with Gasteiger partial charge in [-0.2, -0.15) is 5.10 Å². The summed E-state index contributed by atoms with van der Waals surface area (Å²) in [7, 11) is 1.85. The minimum atomic E-state index is -0.218. The van der Waals surface area contributed by atoms with Gasteiger partial charge in [-0.15, -0.1) is 0 Å². The second-order valence-electron chi connectivity index (χ2n) is 4.38. The number of carbonyl (C=O) groups is 1. The van der Waals surface area contributed by atoms with Crippen LogP contribution in [-0.2, 0) is 13.6 Å². The van der Waals surface area contributed by atoms with Crippen LogP contribution >= 0.6 is 0 Å². The van der Waals surface area contributed by atoms with Crippen molar-refractivity contribution in [1.82, 2.24) is 18.7 Å². The van der Waals surface area contributed by atoms with E-state index in [1.807, 2.05) is 7.05 Å². The highest BCUT2D eigenvalue weighted by molar-refractivity contribution is 5.95. The number of rotatable bonds is 3. The Labute approximate surface area is 108 Å². The first kappa shape index (κ1) is 11.5. The minimum absolute atomic E-state index is 0.0323. The highest BCUT2D eigenvalue weighted by Crippen LogP contribution is 2.03. The normalized spacial score (nSPS) is 11.0. The standard InChI is InChI=1S/C13H12N4O2/c1-15-5-3-10(8-15)12(18)9-16-6-7-17-11(13(16)19)2-4-14-17/h2-8H,9H2,1H3. The second-order valence-corrected chi connectivity index (χ2v) is 4.38. The summed E-state index contributed by atoms with van der Waals surface area (Å²) < 4.78 is 4.69. The van der Waals surface area contributed by atoms with Gasteiger partial charge in [-0.1, -0.05) is 0 Å². The number of hydrogen-bond acceptors (Lipinski definition) is 3. The lowest BCUT2D eigenvalue weighted by atomic mass is 10.2. The van der Waals surface area contributed by atoms with E-state index < -0.39 is 0 Å². The Hall–Kier alpha value is -2.63. The number of hydrogen-bond donors (Lipinski definition) is 0. The summed E-state index contributed by atoms with van der Waals surface area (Å²) >= 11 is 0. The van der Waals surface area contributed by atoms with Crippen LogP contribution in [0.1, 0.15) is 10.4 Å². The molecule has 0 saturated heterocycles. The van der Waals surface area contributed by atoms with Crippen LogP contribution in [0, 0.1) is 0 Å². The average Bonchev–Trinajstić information content (AvgIpc) is 3.01. The van der Waals surface area contributed by atoms with Gasteiger partial charge in [0.25, 0.3) is 5.56 Å². The molecule has 3 aromatic rings. The van der Waals surface area contributed by atoms with Gasteiger partial charge < -0.3 is 9.13 Å². The number of aryl methyl sites for hydroxylation is 1. The Morgan fingerprint density at radius 3 is 2.84 bits per heavy atom. The molecule has 0 bridgehead atoms. The molecule has 0 atom stereocenters. The van der Waals surface area contributed by atoms with E-state index in [4.69, 9.17) is 0 Å². The number of nitrogens with zero attached hydrogens (tertiary/aromatic N) is 4. The lowest BCUT2D eigenvalue weighted by Crippen LogP contribution is -2.25. The molecule has 0 unspecified atom stereocenters. The maximum Gasteiger partial charge on any atom is 0.276 e. The van der Waals surface area contributed by atoms with E-state index in [1.165, 1.54) is 9.08 Å². The van der Waals surface area contributed by atoms with Crippen LogP contribution in [-0.4, -0.2) is 24.5 Å². The van der Waals surface area contributed by atoms with Gasteiger partial charge in [-0.3, -0.25) is 9.59 Å². The molecule has 19 heavy (non-hydrogen) atoms. The quantitative estimate of drug-likeness (QED) is 0.649. The van der Waals surface area contributed by atoms with Crippen LogP contribution in [0.3, 0.4) is 0 Å². The fraction of sp³-hybridized carbons (Fsp3) is 0.154. The van der Waals surface area contributed by atoms with E-state index in [-0.39, 0.29) is 17.9 Å². The molecule has 96 valence electrons. The number of ketones is 1. The predicted molar refractivity (Wildman–Crippen MR) is 69.2 cm³/mol. The summed E-state index contributed by atoms with van der Waals surface area (Å²) in [4.78, 5) is 24.2. The first-order chi connectivity index (χ1) is 9.15. The van der Waals surface area contributed by atoms with Crippen molar-refractivity contribution in [3.8, 4) is 0 Å². The molecule has 0 aliphatic carbocycles. The van der Waals surface area contributed by atoms with Gasteiger partial charge in [-0.05, 0) is 12.1 Å². The Balaban J connectivity index is 1.95. The fourth-order valence-corrected chi connectivity index (χ4v) is 2.00. The van der Waals surface area contributed by atoms with Gasteiger partial charge in [0.15, 0.2) is 5.78 Å². The van der Waals surface area contributed by atoms with E-state index in [0.29, 0.717) is 11.1 Å². The Morgan fingerprint density at radius 1 is 1.26 bits per heavy atom. The zero-order valence-corrected chi connectivity index (χ0v) is 10.4. The maximum atomic E-state index is 12.1. The molecule has 0 fully saturated rings. The predicted octanol–water partition coefficient (Wildman–Crippen LogP) is 0.717. The number of Topliss-reactive ketones (excluding diaryl/α,β-unsaturated/α-hetero) is 1. The highest BCUT2D eigenvalue weighted by atomic mass is 16.1. The third-order valence-electron chi connectivity index (χ3n) is 3.01. The van der Waals surface area contributed by atoms with Crippen LogP contribution in [0.15, 0.2) is 47.9 Å². The van der Waals surface area contributed by atoms with Crippen LogP contribution < -0.4 is 5.56 Å². The second kappa shape index (κ2) is 4.24. The minimum Gasteiger partial charge on any atom is -0.357 e. The lowest BCUT2D eigenvalue weighted by Gasteiger charge is -2.04. The van der Waals surface area contributed by atoms with Crippen molar-refractivity contribution >= 4 is 11.3 Å². The molecule has 3 aromatic heterocycles. The molecule has 0 amide bonds. The molecule has 0 saturated carbocycles. The monoisotopic (exact) mass is 256 g/mol. The van der Waals surface area contributed by atoms with E-state index in [1.54, 1.807) is 47.7 Å². The molecule has 0 aliphatic rings. The van der Waals surface area contributed by atoms with Crippen LogP contribution in [0.2, 0.25) is 0 Å². The first-order valence-electron chi connectivity index (χ1n) is 5.83. The number of fused-ring (bicyclic) bond motifs is 1. The van der Waals surface area contributed by atoms with E-state index in [2.05, 4.69) is 5.10 Å². The smallest absolute Gasteiger partial charge is 0.276 e. The summed E-state index contributed by atoms with van der Waals surface area (Å²) in [6.45, 7) is 0.0323. The van der Waals surface area contributed by atoms with Crippen molar-refractivity contribution in [3.63, 3.8) is 0 Å². The van der Waals surface area contributed by atoms with Crippen molar-refractivity contribution in [3.05, 3.63) is 59.0 Å². The molecular formula is C13H12N4O2. The van der Waals surface area contributed by atoms with Gasteiger partial charge in [0.05, 0.1) is 12.7 Å². The Morgan fingerprint density at radius 2 is 2.11 bits per heavy atom. The maximum absolute atomic E-state index is 12.1. The molecule has 6 nitrogen and oxygen atoms in total. The highest BCUT2D eigenvalue weighted by Gasteiger charge is 2.10. The van der Waals surface area contributed by atoms with Crippen molar-refractivity contribution < 1.29 is 4.79 Å². The Bertz CT molecular complexity index is 809. The summed E-state index contributed by atoms with van der Waals surface area (Å²) in [6, 6.07) is 3.37. The van der Waals surface area contributed by atoms with Gasteiger partial charge in [0.1, 0.15) is 5.52 Å². The lowest BCUT2D eigenvalue weighted by molar-refractivity contribution is 0.0971. The van der Waals surface area contributed by atoms with Gasteiger partial charge in [0.2, 0.25) is 0 Å². The molecule has 3 heterocycles. The summed E-state index contributed by atoms with van der Waals surface area (Å²) in [5, 5.41) is 3.98. The van der Waals surface area contributed by atoms with Crippen molar-refractivity contribution in [2.24, 2.45) is 7.05 Å². The average molecular weight is 256 g/mol. The zero-order valence-electron chi connectivity index (χ0n) is 10.4. The topological polar surface area (TPSA) is 61.3 Å². The Kier molecular flexibility index (Phi) is 2.56. The molecule has 0 radical (unpaired) electrons. The summed E-state index contributed by atoms with van der Waals surface area (Å²) in [5.41, 5.74) is 0.843.